The minimum absolute atomic E-state index is 0.251. The molecule has 0 bridgehead atoms. The van der Waals surface area contributed by atoms with Crippen LogP contribution in [-0.4, -0.2) is 4.98 Å². The van der Waals surface area contributed by atoms with Gasteiger partial charge in [0.1, 0.15) is 5.52 Å². The molecular formula is C17H18N2O. The zero-order valence-corrected chi connectivity index (χ0v) is 12.0. The van der Waals surface area contributed by atoms with Crippen LogP contribution in [0.4, 0.5) is 5.69 Å². The Balaban J connectivity index is 1.82. The first-order valence-electron chi connectivity index (χ1n) is 6.82. The van der Waals surface area contributed by atoms with Crippen LogP contribution in [-0.2, 0) is 0 Å². The van der Waals surface area contributed by atoms with Gasteiger partial charge in [-0.3, -0.25) is 0 Å². The number of nitrogens with zero attached hydrogens (tertiary/aromatic N) is 1. The van der Waals surface area contributed by atoms with Crippen LogP contribution in [0, 0.1) is 13.8 Å². The predicted molar refractivity (Wildman–Crippen MR) is 82.0 cm³/mol. The summed E-state index contributed by atoms with van der Waals surface area (Å²) < 4.78 is 5.49. The smallest absolute Gasteiger partial charge is 0.192 e. The van der Waals surface area contributed by atoms with E-state index in [1.54, 1.807) is 0 Å². The number of anilines is 1. The van der Waals surface area contributed by atoms with E-state index in [0.717, 1.165) is 16.8 Å². The van der Waals surface area contributed by atoms with Gasteiger partial charge < -0.3 is 9.73 Å². The number of aryl methyl sites for hydroxylation is 2. The average Bonchev–Trinajstić information content (AvgIpc) is 2.78. The Hall–Kier alpha value is -2.29. The molecule has 0 aliphatic rings. The zero-order valence-electron chi connectivity index (χ0n) is 12.0. The Labute approximate surface area is 118 Å². The summed E-state index contributed by atoms with van der Waals surface area (Å²) in [6.45, 7) is 6.12. The van der Waals surface area contributed by atoms with Crippen molar-refractivity contribution in [3.05, 3.63) is 59.5 Å². The highest BCUT2D eigenvalue weighted by Gasteiger charge is 2.07. The van der Waals surface area contributed by atoms with E-state index in [-0.39, 0.29) is 6.04 Å². The van der Waals surface area contributed by atoms with E-state index in [0.29, 0.717) is 5.89 Å². The Morgan fingerprint density at radius 2 is 1.80 bits per heavy atom. The van der Waals surface area contributed by atoms with Gasteiger partial charge in [0.05, 0.1) is 0 Å². The van der Waals surface area contributed by atoms with Crippen LogP contribution in [0.5, 0.6) is 0 Å². The zero-order chi connectivity index (χ0) is 14.1. The average molecular weight is 266 g/mol. The van der Waals surface area contributed by atoms with Crippen LogP contribution in [0.2, 0.25) is 0 Å². The summed E-state index contributed by atoms with van der Waals surface area (Å²) in [6.07, 6.45) is 0. The summed E-state index contributed by atoms with van der Waals surface area (Å²) in [5.74, 6) is 0.698. The van der Waals surface area contributed by atoms with Crippen molar-refractivity contribution in [3.63, 3.8) is 0 Å². The van der Waals surface area contributed by atoms with Crippen molar-refractivity contribution in [2.24, 2.45) is 0 Å². The van der Waals surface area contributed by atoms with Gasteiger partial charge in [-0.15, -0.1) is 0 Å². The number of rotatable bonds is 3. The Kier molecular flexibility index (Phi) is 3.18. The molecule has 3 rings (SSSR count). The number of hydrogen-bond acceptors (Lipinski definition) is 3. The highest BCUT2D eigenvalue weighted by atomic mass is 16.3. The molecule has 20 heavy (non-hydrogen) atoms. The summed E-state index contributed by atoms with van der Waals surface area (Å²) in [5.41, 5.74) is 5.32. The number of oxazole rings is 1. The molecule has 102 valence electrons. The third-order valence-electron chi connectivity index (χ3n) is 3.46. The molecule has 1 N–H and O–H groups in total. The predicted octanol–water partition coefficient (Wildman–Crippen LogP) is 4.62. The van der Waals surface area contributed by atoms with E-state index < -0.39 is 0 Å². The first kappa shape index (κ1) is 12.7. The molecule has 1 aromatic heterocycles. The fourth-order valence-electron chi connectivity index (χ4n) is 2.32. The van der Waals surface area contributed by atoms with Crippen LogP contribution < -0.4 is 5.32 Å². The Morgan fingerprint density at radius 3 is 2.55 bits per heavy atom. The lowest BCUT2D eigenvalue weighted by molar-refractivity contribution is 0.561. The maximum Gasteiger partial charge on any atom is 0.192 e. The van der Waals surface area contributed by atoms with Gasteiger partial charge in [-0.25, -0.2) is 4.98 Å². The monoisotopic (exact) mass is 266 g/mol. The number of benzene rings is 2. The van der Waals surface area contributed by atoms with Crippen molar-refractivity contribution in [2.45, 2.75) is 26.8 Å². The molecule has 0 fully saturated rings. The fourth-order valence-corrected chi connectivity index (χ4v) is 2.32. The molecule has 0 saturated carbocycles. The second kappa shape index (κ2) is 5.00. The van der Waals surface area contributed by atoms with Crippen molar-refractivity contribution in [2.75, 3.05) is 5.32 Å². The van der Waals surface area contributed by atoms with Crippen LogP contribution in [0.25, 0.3) is 11.1 Å². The van der Waals surface area contributed by atoms with E-state index in [9.17, 15) is 0 Å². The molecule has 3 aromatic rings. The van der Waals surface area contributed by atoms with Crippen molar-refractivity contribution in [3.8, 4) is 0 Å². The quantitative estimate of drug-likeness (QED) is 0.751. The minimum Gasteiger partial charge on any atom is -0.441 e. The van der Waals surface area contributed by atoms with Crippen molar-refractivity contribution in [1.82, 2.24) is 4.98 Å². The van der Waals surface area contributed by atoms with Crippen LogP contribution >= 0.6 is 0 Å². The highest BCUT2D eigenvalue weighted by molar-refractivity contribution is 5.77. The molecule has 0 radical (unpaired) electrons. The molecule has 1 atom stereocenters. The molecule has 0 saturated heterocycles. The molecule has 0 amide bonds. The van der Waals surface area contributed by atoms with E-state index >= 15 is 0 Å². The number of fused-ring (bicyclic) bond motifs is 1. The van der Waals surface area contributed by atoms with E-state index in [1.807, 2.05) is 25.1 Å². The molecule has 0 aliphatic carbocycles. The van der Waals surface area contributed by atoms with Gasteiger partial charge in [-0.05, 0) is 37.6 Å². The van der Waals surface area contributed by atoms with Crippen molar-refractivity contribution in [1.29, 1.82) is 0 Å². The summed E-state index contributed by atoms with van der Waals surface area (Å²) in [6, 6.07) is 14.8. The number of aromatic nitrogens is 1. The fraction of sp³-hybridized carbons (Fsp3) is 0.235. The second-order valence-electron chi connectivity index (χ2n) is 5.19. The Morgan fingerprint density at radius 1 is 1.05 bits per heavy atom. The molecule has 1 unspecified atom stereocenters. The third kappa shape index (κ3) is 2.52. The summed E-state index contributed by atoms with van der Waals surface area (Å²) in [4.78, 5) is 4.36. The summed E-state index contributed by atoms with van der Waals surface area (Å²) in [5, 5.41) is 3.50. The lowest BCUT2D eigenvalue weighted by atomic mass is 10.1. The molecule has 0 aliphatic heterocycles. The second-order valence-corrected chi connectivity index (χ2v) is 5.19. The van der Waals surface area contributed by atoms with Crippen LogP contribution in [0.15, 0.2) is 46.9 Å². The van der Waals surface area contributed by atoms with Crippen LogP contribution in [0.3, 0.4) is 0 Å². The molecule has 0 spiro atoms. The van der Waals surface area contributed by atoms with Gasteiger partial charge in [0.15, 0.2) is 11.5 Å². The molecule has 3 heteroatoms. The molecule has 2 aromatic carbocycles. The van der Waals surface area contributed by atoms with Crippen LogP contribution in [0.1, 0.15) is 30.0 Å². The third-order valence-corrected chi connectivity index (χ3v) is 3.46. The van der Waals surface area contributed by atoms with Gasteiger partial charge in [0, 0.05) is 18.7 Å². The highest BCUT2D eigenvalue weighted by Crippen LogP contribution is 2.23. The van der Waals surface area contributed by atoms with E-state index in [4.69, 9.17) is 4.42 Å². The van der Waals surface area contributed by atoms with Crippen molar-refractivity contribution < 1.29 is 4.42 Å². The lowest BCUT2D eigenvalue weighted by Crippen LogP contribution is -2.06. The van der Waals surface area contributed by atoms with Crippen molar-refractivity contribution >= 4 is 16.8 Å². The SMILES string of the molecule is Cc1ccc(C(C)Nc2ccc3oc(C)nc3c2)cc1. The summed E-state index contributed by atoms with van der Waals surface area (Å²) >= 11 is 0. The standard InChI is InChI=1S/C17H18N2O/c1-11-4-6-14(7-5-11)12(2)18-15-8-9-17-16(10-15)19-13(3)20-17/h4-10,12,18H,1-3H3. The maximum atomic E-state index is 5.49. The first-order chi connectivity index (χ1) is 9.61. The molecule has 1 heterocycles. The lowest BCUT2D eigenvalue weighted by Gasteiger charge is -2.15. The van der Waals surface area contributed by atoms with Gasteiger partial charge >= 0.3 is 0 Å². The summed E-state index contributed by atoms with van der Waals surface area (Å²) in [7, 11) is 0. The molecular weight excluding hydrogens is 248 g/mol. The normalized spacial score (nSPS) is 12.6. The van der Waals surface area contributed by atoms with Gasteiger partial charge in [-0.2, -0.15) is 0 Å². The minimum atomic E-state index is 0.251. The van der Waals surface area contributed by atoms with E-state index in [2.05, 4.69) is 48.4 Å². The van der Waals surface area contributed by atoms with E-state index in [1.165, 1.54) is 11.1 Å². The van der Waals surface area contributed by atoms with Gasteiger partial charge in [-0.1, -0.05) is 29.8 Å². The largest absolute Gasteiger partial charge is 0.441 e. The van der Waals surface area contributed by atoms with Gasteiger partial charge in [0.25, 0.3) is 0 Å². The molecule has 3 nitrogen and oxygen atoms in total. The number of nitrogens with one attached hydrogen (secondary N) is 1. The first-order valence-corrected chi connectivity index (χ1v) is 6.82. The number of hydrogen-bond donors (Lipinski definition) is 1. The topological polar surface area (TPSA) is 38.1 Å². The maximum absolute atomic E-state index is 5.49. The Bertz CT molecular complexity index is 728. The van der Waals surface area contributed by atoms with Gasteiger partial charge in [0.2, 0.25) is 0 Å².